The van der Waals surface area contributed by atoms with Crippen LogP contribution in [-0.2, 0) is 0 Å². The van der Waals surface area contributed by atoms with E-state index in [2.05, 4.69) is 170 Å². The lowest BCUT2D eigenvalue weighted by atomic mass is 9.90. The van der Waals surface area contributed by atoms with E-state index in [9.17, 15) is 0 Å². The molecule has 226 valence electrons. The maximum atomic E-state index is 2.30. The summed E-state index contributed by atoms with van der Waals surface area (Å²) in [7, 11) is 0. The smallest absolute Gasteiger partial charge is 0.0349 e. The molecule has 0 aliphatic carbocycles. The molecule has 1 heteroatoms. The van der Waals surface area contributed by atoms with Gasteiger partial charge in [-0.1, -0.05) is 158 Å². The Balaban J connectivity index is 0.913. The van der Waals surface area contributed by atoms with Gasteiger partial charge in [0.25, 0.3) is 0 Å². The van der Waals surface area contributed by atoms with Crippen molar-refractivity contribution in [3.8, 4) is 43.1 Å². The molecule has 0 saturated heterocycles. The Morgan fingerprint density at radius 1 is 0.245 bits per heavy atom. The predicted molar refractivity (Wildman–Crippen MR) is 213 cm³/mol. The summed E-state index contributed by atoms with van der Waals surface area (Å²) < 4.78 is 0. The molecule has 1 heterocycles. The van der Waals surface area contributed by atoms with Gasteiger partial charge in [-0.3, -0.25) is 0 Å². The molecular formula is C48H28S. The quantitative estimate of drug-likeness (QED) is 0.169. The second kappa shape index (κ2) is 10.2. The molecule has 49 heavy (non-hydrogen) atoms. The average Bonchev–Trinajstić information content (AvgIpc) is 3.67. The molecule has 0 fully saturated rings. The van der Waals surface area contributed by atoms with Crippen LogP contribution in [0, 0.1) is 0 Å². The molecule has 11 aromatic rings. The van der Waals surface area contributed by atoms with Gasteiger partial charge in [-0.25, -0.2) is 0 Å². The van der Waals surface area contributed by atoms with Gasteiger partial charge in [0.15, 0.2) is 0 Å². The molecule has 0 N–H and O–H groups in total. The minimum atomic E-state index is 1.25. The van der Waals surface area contributed by atoms with Gasteiger partial charge in [0, 0.05) is 9.75 Å². The van der Waals surface area contributed by atoms with E-state index < -0.39 is 0 Å². The third-order valence-corrected chi connectivity index (χ3v) is 11.8. The Morgan fingerprint density at radius 3 is 0.980 bits per heavy atom. The Kier molecular flexibility index (Phi) is 5.64. The topological polar surface area (TPSA) is 0 Å². The van der Waals surface area contributed by atoms with E-state index in [4.69, 9.17) is 0 Å². The zero-order chi connectivity index (χ0) is 32.1. The lowest BCUT2D eigenvalue weighted by Crippen LogP contribution is -1.87. The van der Waals surface area contributed by atoms with Gasteiger partial charge < -0.3 is 0 Å². The molecule has 0 aliphatic heterocycles. The first-order chi connectivity index (χ1) is 24.3. The van der Waals surface area contributed by atoms with Crippen LogP contribution in [0.25, 0.3) is 108 Å². The number of benzene rings is 10. The van der Waals surface area contributed by atoms with E-state index in [1.54, 1.807) is 0 Å². The summed E-state index contributed by atoms with van der Waals surface area (Å²) in [6.07, 6.45) is 0. The van der Waals surface area contributed by atoms with Crippen molar-refractivity contribution in [3.63, 3.8) is 0 Å². The molecule has 1 aromatic heterocycles. The highest BCUT2D eigenvalue weighted by atomic mass is 32.1. The maximum Gasteiger partial charge on any atom is 0.0349 e. The van der Waals surface area contributed by atoms with Gasteiger partial charge in [0.05, 0.1) is 0 Å². The highest BCUT2D eigenvalue weighted by Crippen LogP contribution is 2.42. The van der Waals surface area contributed by atoms with Crippen molar-refractivity contribution in [1.82, 2.24) is 0 Å². The van der Waals surface area contributed by atoms with E-state index in [1.165, 1.54) is 108 Å². The second-order valence-corrected chi connectivity index (χ2v) is 14.3. The molecule has 0 aliphatic rings. The first-order valence-electron chi connectivity index (χ1n) is 16.9. The van der Waals surface area contributed by atoms with E-state index in [1.807, 2.05) is 11.3 Å². The molecule has 11 rings (SSSR count). The first-order valence-corrected chi connectivity index (χ1v) is 17.7. The molecule has 10 aromatic carbocycles. The second-order valence-electron chi connectivity index (χ2n) is 13.3. The highest BCUT2D eigenvalue weighted by molar-refractivity contribution is 7.18. The van der Waals surface area contributed by atoms with Gasteiger partial charge in [0.1, 0.15) is 0 Å². The summed E-state index contributed by atoms with van der Waals surface area (Å²) in [6, 6.07) is 63.2. The fraction of sp³-hybridized carbons (Fsp3) is 0. The summed E-state index contributed by atoms with van der Waals surface area (Å²) in [5.41, 5.74) is 7.58. The van der Waals surface area contributed by atoms with Crippen molar-refractivity contribution in [2.24, 2.45) is 0 Å². The third-order valence-electron chi connectivity index (χ3n) is 10.6. The van der Waals surface area contributed by atoms with E-state index in [0.29, 0.717) is 0 Å². The first kappa shape index (κ1) is 27.0. The normalized spacial score (nSPS) is 12.1. The van der Waals surface area contributed by atoms with Crippen molar-refractivity contribution in [1.29, 1.82) is 0 Å². The minimum Gasteiger partial charge on any atom is -0.135 e. The zero-order valence-corrected chi connectivity index (χ0v) is 27.4. The SMILES string of the molecule is c1cc2ccc3ccc(-c4ccc(-c5ccc(-c6ccc(-c7ccc8ccc9cccc%10ccc7c8c9%10)cc6)s5)cc4)c4ccc(c1)c2c34. The van der Waals surface area contributed by atoms with Gasteiger partial charge >= 0.3 is 0 Å². The Morgan fingerprint density at radius 2 is 0.571 bits per heavy atom. The largest absolute Gasteiger partial charge is 0.135 e. The van der Waals surface area contributed by atoms with Gasteiger partial charge in [-0.05, 0) is 110 Å². The Labute approximate surface area is 287 Å². The van der Waals surface area contributed by atoms with E-state index >= 15 is 0 Å². The zero-order valence-electron chi connectivity index (χ0n) is 26.6. The van der Waals surface area contributed by atoms with Crippen molar-refractivity contribution < 1.29 is 0 Å². The Bertz CT molecular complexity index is 2780. The summed E-state index contributed by atoms with van der Waals surface area (Å²) in [4.78, 5) is 2.57. The molecule has 0 saturated carbocycles. The van der Waals surface area contributed by atoms with Crippen LogP contribution in [0.1, 0.15) is 0 Å². The predicted octanol–water partition coefficient (Wildman–Crippen LogP) is 14.2. The lowest BCUT2D eigenvalue weighted by Gasteiger charge is -2.14. The van der Waals surface area contributed by atoms with E-state index in [-0.39, 0.29) is 0 Å². The molecule has 0 spiro atoms. The summed E-state index contributed by atoms with van der Waals surface area (Å²) in [5, 5.41) is 15.9. The third kappa shape index (κ3) is 4.03. The van der Waals surface area contributed by atoms with Gasteiger partial charge in [-0.2, -0.15) is 0 Å². The van der Waals surface area contributed by atoms with Crippen LogP contribution in [0.5, 0.6) is 0 Å². The van der Waals surface area contributed by atoms with Crippen LogP contribution in [0.4, 0.5) is 0 Å². The molecule has 0 radical (unpaired) electrons. The van der Waals surface area contributed by atoms with Crippen LogP contribution in [0.2, 0.25) is 0 Å². The number of hydrogen-bond acceptors (Lipinski definition) is 1. The molecular weight excluding hydrogens is 609 g/mol. The van der Waals surface area contributed by atoms with E-state index in [0.717, 1.165) is 0 Å². The number of rotatable bonds is 4. The van der Waals surface area contributed by atoms with Crippen LogP contribution < -0.4 is 0 Å². The average molecular weight is 637 g/mol. The van der Waals surface area contributed by atoms with Crippen molar-refractivity contribution in [2.45, 2.75) is 0 Å². The van der Waals surface area contributed by atoms with Crippen LogP contribution in [0.3, 0.4) is 0 Å². The Hall–Kier alpha value is -6.02. The molecule has 0 nitrogen and oxygen atoms in total. The van der Waals surface area contributed by atoms with Crippen molar-refractivity contribution in [3.05, 3.63) is 170 Å². The highest BCUT2D eigenvalue weighted by Gasteiger charge is 2.14. The van der Waals surface area contributed by atoms with Crippen molar-refractivity contribution in [2.75, 3.05) is 0 Å². The summed E-state index contributed by atoms with van der Waals surface area (Å²) in [5.74, 6) is 0. The molecule has 0 bridgehead atoms. The maximum absolute atomic E-state index is 2.30. The summed E-state index contributed by atoms with van der Waals surface area (Å²) in [6.45, 7) is 0. The van der Waals surface area contributed by atoms with Gasteiger partial charge in [0.2, 0.25) is 0 Å². The fourth-order valence-corrected chi connectivity index (χ4v) is 9.27. The summed E-state index contributed by atoms with van der Waals surface area (Å²) >= 11 is 1.86. The minimum absolute atomic E-state index is 1.25. The lowest BCUT2D eigenvalue weighted by molar-refractivity contribution is 1.65. The van der Waals surface area contributed by atoms with Gasteiger partial charge in [-0.15, -0.1) is 11.3 Å². The standard InChI is InChI=1S/C48H28S/c1-3-33-15-17-37-19-23-39(41-25-21-35(5-1)45(33)47(37)41)29-7-11-31(12-8-29)43-27-28-44(49-43)32-13-9-30(10-14-32)40-24-20-38-18-16-34-4-2-6-36-22-26-42(40)48(38)46(34)36/h1-28H. The monoisotopic (exact) mass is 636 g/mol. The molecule has 0 atom stereocenters. The number of hydrogen-bond donors (Lipinski definition) is 0. The molecule has 0 amide bonds. The molecule has 0 unspecified atom stereocenters. The van der Waals surface area contributed by atoms with Crippen LogP contribution in [0.15, 0.2) is 170 Å². The number of thiophene rings is 1. The van der Waals surface area contributed by atoms with Crippen LogP contribution >= 0.6 is 11.3 Å². The van der Waals surface area contributed by atoms with Crippen LogP contribution in [-0.4, -0.2) is 0 Å². The fourth-order valence-electron chi connectivity index (χ4n) is 8.25. The van der Waals surface area contributed by atoms with Crippen molar-refractivity contribution >= 4 is 76.0 Å².